The second-order valence-electron chi connectivity index (χ2n) is 5.74. The molecule has 2 aliphatic carbocycles. The number of fused-ring (bicyclic) bond motifs is 2. The van der Waals surface area contributed by atoms with Crippen molar-refractivity contribution in [3.8, 4) is 0 Å². The molecule has 0 unspecified atom stereocenters. The van der Waals surface area contributed by atoms with Gasteiger partial charge < -0.3 is 14.7 Å². The molecule has 3 rings (SSSR count). The minimum Gasteiger partial charge on any atom is -0.481 e. The van der Waals surface area contributed by atoms with Crippen molar-refractivity contribution in [3.05, 3.63) is 12.2 Å². The SMILES string of the molecule is O=C(O)C[C@H]1COCCN1C(=O)[C@@H]1C[C@H]2C=C[C@H]1C2. The van der Waals surface area contributed by atoms with Crippen LogP contribution in [0, 0.1) is 17.8 Å². The molecule has 2 bridgehead atoms. The summed E-state index contributed by atoms with van der Waals surface area (Å²) in [5, 5.41) is 8.93. The third kappa shape index (κ3) is 2.39. The van der Waals surface area contributed by atoms with E-state index in [1.807, 2.05) is 0 Å². The molecule has 0 spiro atoms. The average Bonchev–Trinajstić information content (AvgIpc) is 3.00. The summed E-state index contributed by atoms with van der Waals surface area (Å²) in [5.41, 5.74) is 0. The van der Waals surface area contributed by atoms with Gasteiger partial charge in [-0.3, -0.25) is 9.59 Å². The predicted molar refractivity (Wildman–Crippen MR) is 67.4 cm³/mol. The summed E-state index contributed by atoms with van der Waals surface area (Å²) in [5.74, 6) is 0.237. The monoisotopic (exact) mass is 265 g/mol. The molecule has 0 radical (unpaired) electrons. The molecular weight excluding hydrogens is 246 g/mol. The third-order valence-electron chi connectivity index (χ3n) is 4.52. The van der Waals surface area contributed by atoms with Crippen LogP contribution in [0.15, 0.2) is 12.2 Å². The number of hydrogen-bond acceptors (Lipinski definition) is 3. The highest BCUT2D eigenvalue weighted by molar-refractivity contribution is 5.81. The van der Waals surface area contributed by atoms with Gasteiger partial charge in [0.25, 0.3) is 0 Å². The molecule has 1 saturated carbocycles. The minimum atomic E-state index is -0.874. The lowest BCUT2D eigenvalue weighted by Crippen LogP contribution is -2.52. The maximum atomic E-state index is 12.6. The highest BCUT2D eigenvalue weighted by Gasteiger charge is 2.43. The van der Waals surface area contributed by atoms with E-state index >= 15 is 0 Å². The van der Waals surface area contributed by atoms with Gasteiger partial charge in [-0.2, -0.15) is 0 Å². The van der Waals surface area contributed by atoms with Crippen molar-refractivity contribution in [3.63, 3.8) is 0 Å². The number of nitrogens with zero attached hydrogens (tertiary/aromatic N) is 1. The Balaban J connectivity index is 1.70. The lowest BCUT2D eigenvalue weighted by Gasteiger charge is -2.37. The van der Waals surface area contributed by atoms with E-state index in [2.05, 4.69) is 12.2 Å². The molecule has 3 aliphatic rings. The Morgan fingerprint density at radius 1 is 1.32 bits per heavy atom. The summed E-state index contributed by atoms with van der Waals surface area (Å²) in [4.78, 5) is 25.3. The summed E-state index contributed by atoms with van der Waals surface area (Å²) in [6.07, 6.45) is 6.36. The zero-order chi connectivity index (χ0) is 13.4. The van der Waals surface area contributed by atoms with Crippen molar-refractivity contribution in [2.45, 2.75) is 25.3 Å². The zero-order valence-corrected chi connectivity index (χ0v) is 10.8. The molecule has 1 saturated heterocycles. The summed E-state index contributed by atoms with van der Waals surface area (Å²) >= 11 is 0. The maximum absolute atomic E-state index is 12.6. The van der Waals surface area contributed by atoms with Crippen molar-refractivity contribution in [2.75, 3.05) is 19.8 Å². The molecule has 1 aliphatic heterocycles. The van der Waals surface area contributed by atoms with E-state index in [1.54, 1.807) is 4.90 Å². The molecule has 19 heavy (non-hydrogen) atoms. The fourth-order valence-corrected chi connectivity index (χ4v) is 3.59. The van der Waals surface area contributed by atoms with Crippen LogP contribution in [-0.2, 0) is 14.3 Å². The molecular formula is C14H19NO4. The topological polar surface area (TPSA) is 66.8 Å². The van der Waals surface area contributed by atoms with Crippen LogP contribution in [0.25, 0.3) is 0 Å². The van der Waals surface area contributed by atoms with Gasteiger partial charge in [0.1, 0.15) is 0 Å². The fourth-order valence-electron chi connectivity index (χ4n) is 3.59. The molecule has 4 atom stereocenters. The first-order valence-corrected chi connectivity index (χ1v) is 6.93. The van der Waals surface area contributed by atoms with Gasteiger partial charge in [-0.15, -0.1) is 0 Å². The number of rotatable bonds is 3. The van der Waals surface area contributed by atoms with Crippen molar-refractivity contribution in [2.24, 2.45) is 17.8 Å². The third-order valence-corrected chi connectivity index (χ3v) is 4.52. The molecule has 5 nitrogen and oxygen atoms in total. The zero-order valence-electron chi connectivity index (χ0n) is 10.8. The second-order valence-corrected chi connectivity index (χ2v) is 5.74. The number of carboxylic acid groups (broad SMARTS) is 1. The second kappa shape index (κ2) is 4.96. The van der Waals surface area contributed by atoms with Gasteiger partial charge in [0, 0.05) is 12.5 Å². The van der Waals surface area contributed by atoms with Gasteiger partial charge in [0.05, 0.1) is 25.7 Å². The van der Waals surface area contributed by atoms with Crippen LogP contribution >= 0.6 is 0 Å². The van der Waals surface area contributed by atoms with E-state index in [4.69, 9.17) is 9.84 Å². The van der Waals surface area contributed by atoms with Crippen LogP contribution < -0.4 is 0 Å². The van der Waals surface area contributed by atoms with Crippen molar-refractivity contribution >= 4 is 11.9 Å². The number of carbonyl (C=O) groups is 2. The van der Waals surface area contributed by atoms with E-state index in [9.17, 15) is 9.59 Å². The first-order chi connectivity index (χ1) is 9.15. The quantitative estimate of drug-likeness (QED) is 0.770. The molecule has 0 aromatic rings. The Morgan fingerprint density at radius 2 is 2.16 bits per heavy atom. The summed E-state index contributed by atoms with van der Waals surface area (Å²) < 4.78 is 5.32. The Morgan fingerprint density at radius 3 is 2.79 bits per heavy atom. The Hall–Kier alpha value is -1.36. The van der Waals surface area contributed by atoms with E-state index < -0.39 is 5.97 Å². The predicted octanol–water partition coefficient (Wildman–Crippen LogP) is 0.901. The first-order valence-electron chi connectivity index (χ1n) is 6.93. The number of carboxylic acids is 1. The van der Waals surface area contributed by atoms with Crippen LogP contribution in [0.2, 0.25) is 0 Å². The minimum absolute atomic E-state index is 0.0254. The van der Waals surface area contributed by atoms with E-state index in [0.717, 1.165) is 12.8 Å². The molecule has 104 valence electrons. The van der Waals surface area contributed by atoms with Crippen molar-refractivity contribution < 1.29 is 19.4 Å². The lowest BCUT2D eigenvalue weighted by atomic mass is 9.91. The number of allylic oxidation sites excluding steroid dienone is 2. The highest BCUT2D eigenvalue weighted by Crippen LogP contribution is 2.44. The number of ether oxygens (including phenoxy) is 1. The standard InChI is InChI=1S/C14H19NO4/c16-13(17)7-11-8-19-4-3-15(11)14(18)12-6-9-1-2-10(12)5-9/h1-2,9-12H,3-8H2,(H,16,17)/t9-,10-,11-,12+/m0/s1. The normalized spacial score (nSPS) is 36.7. The number of carbonyl (C=O) groups excluding carboxylic acids is 1. The smallest absolute Gasteiger partial charge is 0.305 e. The summed E-state index contributed by atoms with van der Waals surface area (Å²) in [6.45, 7) is 1.38. The molecule has 1 N–H and O–H groups in total. The number of amides is 1. The average molecular weight is 265 g/mol. The molecule has 5 heteroatoms. The van der Waals surface area contributed by atoms with Crippen LogP contribution in [0.3, 0.4) is 0 Å². The largest absolute Gasteiger partial charge is 0.481 e. The fraction of sp³-hybridized carbons (Fsp3) is 0.714. The van der Waals surface area contributed by atoms with Gasteiger partial charge in [-0.25, -0.2) is 0 Å². The highest BCUT2D eigenvalue weighted by atomic mass is 16.5. The Labute approximate surface area is 112 Å². The Kier molecular flexibility index (Phi) is 3.31. The van der Waals surface area contributed by atoms with Gasteiger partial charge in [0.15, 0.2) is 0 Å². The van der Waals surface area contributed by atoms with Gasteiger partial charge in [-0.1, -0.05) is 12.2 Å². The summed E-state index contributed by atoms with van der Waals surface area (Å²) in [6, 6.07) is -0.304. The van der Waals surface area contributed by atoms with Crippen LogP contribution in [0.4, 0.5) is 0 Å². The maximum Gasteiger partial charge on any atom is 0.305 e. The van der Waals surface area contributed by atoms with Gasteiger partial charge >= 0.3 is 5.97 Å². The van der Waals surface area contributed by atoms with E-state index in [0.29, 0.717) is 31.6 Å². The number of morpholine rings is 1. The van der Waals surface area contributed by atoms with Crippen LogP contribution in [-0.4, -0.2) is 47.7 Å². The van der Waals surface area contributed by atoms with Crippen LogP contribution in [0.1, 0.15) is 19.3 Å². The van der Waals surface area contributed by atoms with Crippen molar-refractivity contribution in [1.82, 2.24) is 4.90 Å². The molecule has 2 fully saturated rings. The van der Waals surface area contributed by atoms with Gasteiger partial charge in [0.2, 0.25) is 5.91 Å². The van der Waals surface area contributed by atoms with Crippen molar-refractivity contribution in [1.29, 1.82) is 0 Å². The van der Waals surface area contributed by atoms with Crippen LogP contribution in [0.5, 0.6) is 0 Å². The summed E-state index contributed by atoms with van der Waals surface area (Å²) in [7, 11) is 0. The van der Waals surface area contributed by atoms with E-state index in [-0.39, 0.29) is 24.3 Å². The molecule has 1 heterocycles. The number of aliphatic carboxylic acids is 1. The molecule has 1 amide bonds. The first kappa shape index (κ1) is 12.7. The molecule has 0 aromatic carbocycles. The molecule has 0 aromatic heterocycles. The lowest BCUT2D eigenvalue weighted by molar-refractivity contribution is -0.149. The Bertz CT molecular complexity index is 420. The van der Waals surface area contributed by atoms with E-state index in [1.165, 1.54) is 0 Å². The van der Waals surface area contributed by atoms with Gasteiger partial charge in [-0.05, 0) is 24.7 Å². The number of hydrogen-bond donors (Lipinski definition) is 1.